The number of ether oxygens (including phenoxy) is 6. The maximum absolute atomic E-state index is 8.95. The van der Waals surface area contributed by atoms with Crippen LogP contribution >= 0.6 is 0 Å². The van der Waals surface area contributed by atoms with Crippen molar-refractivity contribution in [1.29, 1.82) is 0 Å². The van der Waals surface area contributed by atoms with Gasteiger partial charge in [0.05, 0.1) is 60.0 Å². The molecular weight excluding hydrogens is 512 g/mol. The third-order valence-electron chi connectivity index (χ3n) is 5.93. The average molecular weight is 557 g/mol. The van der Waals surface area contributed by atoms with Crippen molar-refractivity contribution in [2.45, 2.75) is 19.4 Å². The fourth-order valence-corrected chi connectivity index (χ4v) is 3.85. The largest absolute Gasteiger partial charge is 0.491 e. The minimum atomic E-state index is 0.0755. The molecule has 4 N–H and O–H groups in total. The standard InChI is InChI=1S/C29H40N2O5.C2H4O2/c1-2-28(31)24-9-7-23(8-10-24)25-11-12-29(27-6-4-3-5-26(25)27)36-22-21-35-20-19-34-18-17-33-16-15-32-14-13-30;1-4-2-3/h3-12,28H,2,13-22,30-31H2,1H3;2H,1H3. The average Bonchev–Trinajstić information content (AvgIpc) is 3.01. The topological polar surface area (TPSA) is 124 Å². The van der Waals surface area contributed by atoms with Crippen LogP contribution in [0.4, 0.5) is 0 Å². The highest BCUT2D eigenvalue weighted by Gasteiger charge is 2.10. The van der Waals surface area contributed by atoms with Crippen LogP contribution in [0.5, 0.6) is 5.75 Å². The summed E-state index contributed by atoms with van der Waals surface area (Å²) in [6.07, 6.45) is 0.923. The SMILES string of the molecule is CCC(N)c1ccc(-c2ccc(OCCOCCOCCOCCOCCN)c3ccccc23)cc1.COC=O. The molecular formula is C31H44N2O7. The molecule has 0 spiro atoms. The lowest BCUT2D eigenvalue weighted by Gasteiger charge is -2.14. The molecule has 1 unspecified atom stereocenters. The summed E-state index contributed by atoms with van der Waals surface area (Å²) in [6, 6.07) is 21.1. The predicted molar refractivity (Wildman–Crippen MR) is 158 cm³/mol. The zero-order chi connectivity index (χ0) is 28.8. The number of benzene rings is 3. The van der Waals surface area contributed by atoms with E-state index in [-0.39, 0.29) is 6.04 Å². The van der Waals surface area contributed by atoms with Crippen molar-refractivity contribution in [3.05, 3.63) is 66.2 Å². The smallest absolute Gasteiger partial charge is 0.292 e. The lowest BCUT2D eigenvalue weighted by atomic mass is 9.95. The van der Waals surface area contributed by atoms with Gasteiger partial charge in [-0.3, -0.25) is 4.79 Å². The zero-order valence-corrected chi connectivity index (χ0v) is 23.7. The predicted octanol–water partition coefficient (Wildman–Crippen LogP) is 4.11. The fraction of sp³-hybridized carbons (Fsp3) is 0.452. The van der Waals surface area contributed by atoms with Gasteiger partial charge in [-0.1, -0.05) is 61.5 Å². The Bertz CT molecular complexity index is 1080. The van der Waals surface area contributed by atoms with Gasteiger partial charge in [-0.25, -0.2) is 0 Å². The van der Waals surface area contributed by atoms with E-state index in [0.717, 1.165) is 28.5 Å². The van der Waals surface area contributed by atoms with E-state index in [1.54, 1.807) is 0 Å². The van der Waals surface area contributed by atoms with Gasteiger partial charge in [-0.05, 0) is 34.6 Å². The van der Waals surface area contributed by atoms with Gasteiger partial charge in [0, 0.05) is 18.0 Å². The van der Waals surface area contributed by atoms with E-state index in [0.29, 0.717) is 72.5 Å². The van der Waals surface area contributed by atoms with Crippen LogP contribution in [0.25, 0.3) is 21.9 Å². The van der Waals surface area contributed by atoms with Crippen molar-refractivity contribution in [2.75, 3.05) is 73.1 Å². The zero-order valence-electron chi connectivity index (χ0n) is 23.7. The Kier molecular flexibility index (Phi) is 17.2. The van der Waals surface area contributed by atoms with E-state index in [4.69, 9.17) is 39.9 Å². The van der Waals surface area contributed by atoms with Gasteiger partial charge in [0.1, 0.15) is 12.4 Å². The Hall–Kier alpha value is -3.05. The van der Waals surface area contributed by atoms with Crippen molar-refractivity contribution in [3.63, 3.8) is 0 Å². The lowest BCUT2D eigenvalue weighted by Crippen LogP contribution is -2.15. The molecule has 0 radical (unpaired) electrons. The van der Waals surface area contributed by atoms with Crippen molar-refractivity contribution in [2.24, 2.45) is 11.5 Å². The normalized spacial score (nSPS) is 11.5. The van der Waals surface area contributed by atoms with E-state index in [1.165, 1.54) is 18.2 Å². The molecule has 0 heterocycles. The highest BCUT2D eigenvalue weighted by molar-refractivity contribution is 6.00. The van der Waals surface area contributed by atoms with Crippen LogP contribution in [0.1, 0.15) is 24.9 Å². The van der Waals surface area contributed by atoms with Crippen LogP contribution < -0.4 is 16.2 Å². The number of fused-ring (bicyclic) bond motifs is 1. The molecule has 40 heavy (non-hydrogen) atoms. The molecule has 1 atom stereocenters. The molecule has 0 saturated carbocycles. The monoisotopic (exact) mass is 556 g/mol. The maximum atomic E-state index is 8.95. The Morgan fingerprint density at radius 2 is 1.25 bits per heavy atom. The first-order valence-electron chi connectivity index (χ1n) is 13.6. The first-order valence-corrected chi connectivity index (χ1v) is 13.6. The molecule has 3 rings (SSSR count). The van der Waals surface area contributed by atoms with Crippen LogP contribution in [0.3, 0.4) is 0 Å². The molecule has 9 nitrogen and oxygen atoms in total. The van der Waals surface area contributed by atoms with Crippen molar-refractivity contribution in [3.8, 4) is 16.9 Å². The number of carbonyl (C=O) groups excluding carboxylic acids is 1. The van der Waals surface area contributed by atoms with E-state index in [1.807, 2.05) is 12.1 Å². The van der Waals surface area contributed by atoms with Gasteiger partial charge in [0.2, 0.25) is 0 Å². The minimum Gasteiger partial charge on any atom is -0.491 e. The number of nitrogens with two attached hydrogens (primary N) is 2. The molecule has 0 aliphatic rings. The summed E-state index contributed by atoms with van der Waals surface area (Å²) in [6.45, 7) is 7.74. The van der Waals surface area contributed by atoms with Gasteiger partial charge < -0.3 is 39.9 Å². The number of carbonyl (C=O) groups is 1. The first kappa shape index (κ1) is 33.2. The summed E-state index contributed by atoms with van der Waals surface area (Å²) in [5, 5.41) is 2.24. The molecule has 220 valence electrons. The number of methoxy groups -OCH3 is 1. The maximum Gasteiger partial charge on any atom is 0.292 e. The molecule has 0 bridgehead atoms. The lowest BCUT2D eigenvalue weighted by molar-refractivity contribution is -0.126. The van der Waals surface area contributed by atoms with Crippen molar-refractivity contribution < 1.29 is 33.2 Å². The first-order chi connectivity index (χ1) is 19.7. The highest BCUT2D eigenvalue weighted by Crippen LogP contribution is 2.35. The third kappa shape index (κ3) is 12.0. The molecule has 0 aromatic heterocycles. The van der Waals surface area contributed by atoms with Crippen LogP contribution in [0.15, 0.2) is 60.7 Å². The summed E-state index contributed by atoms with van der Waals surface area (Å²) in [4.78, 5) is 8.95. The Morgan fingerprint density at radius 1 is 0.725 bits per heavy atom. The molecule has 0 fully saturated rings. The fourth-order valence-electron chi connectivity index (χ4n) is 3.85. The second-order valence-electron chi connectivity index (χ2n) is 8.71. The molecule has 9 heteroatoms. The summed E-state index contributed by atoms with van der Waals surface area (Å²) >= 11 is 0. The highest BCUT2D eigenvalue weighted by atomic mass is 16.6. The molecule has 3 aromatic rings. The molecule has 0 amide bonds. The van der Waals surface area contributed by atoms with E-state index in [2.05, 4.69) is 60.2 Å². The van der Waals surface area contributed by atoms with Crippen molar-refractivity contribution in [1.82, 2.24) is 0 Å². The van der Waals surface area contributed by atoms with Crippen molar-refractivity contribution >= 4 is 17.2 Å². The number of hydrogen-bond donors (Lipinski definition) is 2. The van der Waals surface area contributed by atoms with Gasteiger partial charge in [-0.2, -0.15) is 0 Å². The van der Waals surface area contributed by atoms with Gasteiger partial charge in [0.25, 0.3) is 6.47 Å². The molecule has 0 saturated heterocycles. The van der Waals surface area contributed by atoms with Gasteiger partial charge in [-0.15, -0.1) is 0 Å². The summed E-state index contributed by atoms with van der Waals surface area (Å²) < 4.78 is 31.7. The second-order valence-corrected chi connectivity index (χ2v) is 8.71. The number of hydrogen-bond acceptors (Lipinski definition) is 9. The Morgan fingerprint density at radius 3 is 1.77 bits per heavy atom. The molecule has 0 aliphatic heterocycles. The number of rotatable bonds is 19. The van der Waals surface area contributed by atoms with Crippen LogP contribution in [0.2, 0.25) is 0 Å². The Balaban J connectivity index is 0.00000131. The third-order valence-corrected chi connectivity index (χ3v) is 5.93. The van der Waals surface area contributed by atoms with Crippen LogP contribution in [-0.4, -0.2) is 79.6 Å². The van der Waals surface area contributed by atoms with E-state index >= 15 is 0 Å². The molecule has 0 aliphatic carbocycles. The summed E-state index contributed by atoms with van der Waals surface area (Å²) in [5.74, 6) is 0.853. The molecule has 3 aromatic carbocycles. The minimum absolute atomic E-state index is 0.0755. The van der Waals surface area contributed by atoms with Crippen LogP contribution in [0, 0.1) is 0 Å². The summed E-state index contributed by atoms with van der Waals surface area (Å²) in [5.41, 5.74) is 15.0. The van der Waals surface area contributed by atoms with E-state index in [9.17, 15) is 0 Å². The second kappa shape index (κ2) is 20.8. The van der Waals surface area contributed by atoms with Crippen LogP contribution in [-0.2, 0) is 28.5 Å². The Labute approximate surface area is 237 Å². The van der Waals surface area contributed by atoms with Gasteiger partial charge >= 0.3 is 0 Å². The van der Waals surface area contributed by atoms with E-state index < -0.39 is 0 Å². The quantitative estimate of drug-likeness (QED) is 0.166. The summed E-state index contributed by atoms with van der Waals surface area (Å²) in [7, 11) is 1.31. The van der Waals surface area contributed by atoms with Gasteiger partial charge in [0.15, 0.2) is 0 Å².